The van der Waals surface area contributed by atoms with Gasteiger partial charge in [0.1, 0.15) is 0 Å². The lowest BCUT2D eigenvalue weighted by atomic mass is 9.82. The topological polar surface area (TPSA) is 43.9 Å². The van der Waals surface area contributed by atoms with E-state index in [1.807, 2.05) is 283 Å². The number of piperidine rings is 1. The van der Waals surface area contributed by atoms with E-state index >= 15 is 0 Å². The van der Waals surface area contributed by atoms with Gasteiger partial charge in [0.25, 0.3) is 0 Å². The molecule has 2 fully saturated rings. The predicted octanol–water partition coefficient (Wildman–Crippen LogP) is 5.53. The van der Waals surface area contributed by atoms with E-state index in [9.17, 15) is 9.59 Å². The first-order chi connectivity index (χ1) is 40.0. The zero-order valence-corrected chi connectivity index (χ0v) is 79.2. The van der Waals surface area contributed by atoms with E-state index in [0.717, 1.165) is 50.6 Å². The van der Waals surface area contributed by atoms with Gasteiger partial charge in [0.2, 0.25) is 11.8 Å². The number of carbonyl (C=O) groups is 2. The molecule has 2 aromatic rings. The van der Waals surface area contributed by atoms with Crippen molar-refractivity contribution < 1.29 is 9.59 Å². The van der Waals surface area contributed by atoms with Crippen LogP contribution in [0.15, 0.2) is 54.6 Å². The lowest BCUT2D eigenvalue weighted by Gasteiger charge is -2.50. The van der Waals surface area contributed by atoms with Gasteiger partial charge in [-0.25, -0.2) is 0 Å². The number of hydrogen-bond donors (Lipinski definition) is 0. The zero-order valence-electron chi connectivity index (χ0n) is 40.9. The normalized spacial score (nSPS) is 13.5. The second-order valence-corrected chi connectivity index (χ2v) is 92.8. The Balaban J connectivity index is 0.000000441. The van der Waals surface area contributed by atoms with Gasteiger partial charge < -0.3 is 9.80 Å². The molecule has 1 unspecified atom stereocenters. The van der Waals surface area contributed by atoms with Crippen molar-refractivity contribution in [3.8, 4) is 0 Å². The first-order valence-corrected chi connectivity index (χ1v) is 81.1. The van der Waals surface area contributed by atoms with Crippen LogP contribution in [0.1, 0.15) is 64.1 Å². The molecule has 2 aliphatic rings. The monoisotopic (exact) mass is 1980 g/mol. The summed E-state index contributed by atoms with van der Waals surface area (Å²) in [5.41, 5.74) is 2.42. The van der Waals surface area contributed by atoms with Crippen LogP contribution in [-0.2, 0) is 423 Å². The smallest absolute Gasteiger partial charge is 0.223 e. The van der Waals surface area contributed by atoms with E-state index in [4.69, 9.17) is 34.0 Å². The van der Waals surface area contributed by atoms with Gasteiger partial charge in [-0.15, -0.1) is 0 Å². The van der Waals surface area contributed by atoms with Crippen LogP contribution in [0, 0.1) is 11.3 Å². The minimum Gasteiger partial charge on any atom is -0.343 e. The molecule has 0 aromatic heterocycles. The summed E-state index contributed by atoms with van der Waals surface area (Å²) in [4.78, 5) is 31.9. The highest BCUT2D eigenvalue weighted by Crippen LogP contribution is 2.36. The summed E-state index contributed by atoms with van der Waals surface area (Å²) in [5, 5.41) is 0.739. The van der Waals surface area contributed by atoms with Crippen molar-refractivity contribution in [2.75, 3.05) is 32.7 Å². The lowest BCUT2D eigenvalue weighted by molar-refractivity contribution is -0.141. The van der Waals surface area contributed by atoms with Gasteiger partial charge in [0.15, 0.2) is 0 Å². The summed E-state index contributed by atoms with van der Waals surface area (Å²) in [6.07, 6.45) is 2.41. The minimum absolute atomic E-state index is 0.0481. The van der Waals surface area contributed by atoms with Gasteiger partial charge in [-0.1, -0.05) is 74.8 Å². The maximum atomic E-state index is 13.6. The standard InChI is InChI=1S/C30H40ClN3O2.S46/c1-22(35)32-16-14-23(15-17-32)20-28(36)34-19-18-33(21-27(34)30(2,3)4)29(24-8-6-5-7-9-24)25-10-12-26(31)13-11-25;1-3-5-7-9-11-13-15-17-19-21-23-25-27-29-31-33-35-37-39-41-43-45-46-44-42-40-38-36-34-32-30-28-26-24-22-20-18-16-14-12-10-8-6-4-2/h5-13,23,27,29H,14-21H2,1-4H3;/t27-,29?;/m1./s1. The number of benzene rings is 2. The van der Waals surface area contributed by atoms with Crippen LogP contribution in [-0.4, -0.2) is 65.3 Å². The first-order valence-electron chi connectivity index (χ1n) is 20.7. The van der Waals surface area contributed by atoms with Crippen LogP contribution in [0.3, 0.4) is 0 Å². The van der Waals surface area contributed by atoms with E-state index in [1.54, 1.807) is 113 Å². The van der Waals surface area contributed by atoms with Crippen LogP contribution in [0.25, 0.3) is 0 Å². The molecule has 0 radical (unpaired) electrons. The number of carbonyl (C=O) groups excluding carboxylic acids is 2. The number of piperazine rings is 1. The maximum Gasteiger partial charge on any atom is 0.223 e. The Morgan fingerprint density at radius 2 is 0.768 bits per heavy atom. The number of likely N-dealkylation sites (tertiary alicyclic amines) is 1. The largest absolute Gasteiger partial charge is 0.343 e. The fourth-order valence-electron chi connectivity index (χ4n) is 6.27. The molecule has 2 aromatic carbocycles. The van der Waals surface area contributed by atoms with Crippen molar-refractivity contribution in [2.45, 2.75) is 59.0 Å². The third kappa shape index (κ3) is 44.6. The van der Waals surface area contributed by atoms with Crippen molar-refractivity contribution in [3.05, 3.63) is 70.7 Å². The molecule has 0 N–H and O–H groups in total. The Bertz CT molecular complexity index is 4500. The molecule has 0 aliphatic carbocycles. The van der Waals surface area contributed by atoms with Gasteiger partial charge in [-0.2, -0.15) is 0 Å². The molecule has 2 heterocycles. The Morgan fingerprint density at radius 3 is 1.06 bits per heavy atom. The average Bonchev–Trinajstić information content (AvgIpc) is 3.65. The lowest BCUT2D eigenvalue weighted by Crippen LogP contribution is -2.60. The second kappa shape index (κ2) is 58.9. The third-order valence-electron chi connectivity index (χ3n) is 9.12. The Kier molecular flexibility index (Phi) is 60.3. The quantitative estimate of drug-likeness (QED) is 0.395. The van der Waals surface area contributed by atoms with E-state index in [0.29, 0.717) is 12.3 Å². The van der Waals surface area contributed by atoms with E-state index in [-0.39, 0.29) is 29.3 Å². The summed E-state index contributed by atoms with van der Waals surface area (Å²) in [6.45, 7) is 12.3. The molecule has 2 saturated heterocycles. The molecule has 2 atom stereocenters. The highest BCUT2D eigenvalue weighted by atomic mass is 35.5. The summed E-state index contributed by atoms with van der Waals surface area (Å²) >= 11 is 15.8. The number of halogens is 1. The van der Waals surface area contributed by atoms with E-state index in [1.165, 1.54) is 28.9 Å². The number of hydrogen-bond acceptors (Lipinski definition) is 5. The van der Waals surface area contributed by atoms with E-state index < -0.39 is 0 Å². The van der Waals surface area contributed by atoms with Gasteiger partial charge >= 0.3 is 0 Å². The van der Waals surface area contributed by atoms with Crippen LogP contribution < -0.4 is 0 Å². The van der Waals surface area contributed by atoms with Crippen LogP contribution in [0.5, 0.6) is 0 Å². The number of nitrogens with zero attached hydrogens (tertiary/aromatic N) is 3. The van der Waals surface area contributed by atoms with Crippen molar-refractivity contribution in [3.63, 3.8) is 0 Å². The molecule has 2 aliphatic heterocycles. The first kappa shape index (κ1) is 84.0. The summed E-state index contributed by atoms with van der Waals surface area (Å²) < 4.78 is 0. The zero-order chi connectivity index (χ0) is 59.0. The average molecular weight is 1990 g/mol. The van der Waals surface area contributed by atoms with E-state index in [2.05, 4.69) is 73.0 Å². The SMILES string of the molecule is CC(=O)N1CCC(CC(=O)N2CCN(C(c3ccccc3)c3ccc(Cl)cc3)C[C@@H]2C(C)(C)C)CC1.S=S=S=S=S=S=S=S=S=S=S=S=S=S=S=S=S=S=S=S=S=S=S=S=S=S=S=S=S=S=S=S=S=S=S=S=S=S=S=S=S=S=S=S=S=S. The van der Waals surface area contributed by atoms with Crippen molar-refractivity contribution in [2.24, 2.45) is 11.3 Å². The highest BCUT2D eigenvalue weighted by molar-refractivity contribution is 8.82. The van der Waals surface area contributed by atoms with Crippen LogP contribution in [0.4, 0.5) is 0 Å². The Morgan fingerprint density at radius 1 is 0.463 bits per heavy atom. The van der Waals surface area contributed by atoms with Crippen molar-refractivity contribution in [1.29, 1.82) is 0 Å². The van der Waals surface area contributed by atoms with Crippen molar-refractivity contribution in [1.82, 2.24) is 14.7 Å². The van der Waals surface area contributed by atoms with Gasteiger partial charge in [-0.05, 0) is 47.4 Å². The summed E-state index contributed by atoms with van der Waals surface area (Å²) in [7, 11) is 78.4. The molecule has 0 spiro atoms. The second-order valence-electron chi connectivity index (χ2n) is 14.5. The Hall–Kier alpha value is 7.75. The molecule has 470 valence electrons. The summed E-state index contributed by atoms with van der Waals surface area (Å²) in [6, 6.07) is 19.0. The predicted molar refractivity (Wildman–Crippen MR) is 485 cm³/mol. The maximum absolute atomic E-state index is 13.6. The van der Waals surface area contributed by atoms with Gasteiger partial charge in [-0.3, -0.25) is 14.5 Å². The molecule has 52 heteroatoms. The molecule has 0 saturated carbocycles. The van der Waals surface area contributed by atoms with Crippen LogP contribution >= 0.6 is 11.6 Å². The molecule has 5 nitrogen and oxygen atoms in total. The third-order valence-corrected chi connectivity index (χ3v) is 105. The van der Waals surface area contributed by atoms with Crippen LogP contribution in [0.2, 0.25) is 5.02 Å². The fraction of sp³-hybridized carbons (Fsp3) is 0.533. The Labute approximate surface area is 620 Å². The minimum atomic E-state index is -0.0481. The highest BCUT2D eigenvalue weighted by Gasteiger charge is 2.40. The van der Waals surface area contributed by atoms with Gasteiger partial charge in [0.05, 0.1) is 6.04 Å². The fourth-order valence-corrected chi connectivity index (χ4v) is 122. The van der Waals surface area contributed by atoms with Gasteiger partial charge in [0, 0.05) is 470 Å². The molecule has 82 heavy (non-hydrogen) atoms. The number of amides is 2. The molecule has 2 amide bonds. The molecular weight excluding hydrogens is 1940 g/mol. The molecular formula is C30H40ClN3O2S46. The number of rotatable bonds is 5. The molecule has 4 rings (SSSR count). The molecule has 0 bridgehead atoms. The van der Waals surface area contributed by atoms with Crippen molar-refractivity contribution >= 4 is 437 Å². The summed E-state index contributed by atoms with van der Waals surface area (Å²) in [5.74, 6) is 0.758.